The van der Waals surface area contributed by atoms with Gasteiger partial charge in [-0.1, -0.05) is 48.5 Å². The number of benzene rings is 2. The largest absolute Gasteiger partial charge is 0.480 e. The second-order valence-corrected chi connectivity index (χ2v) is 5.39. The number of carbonyl (C=O) groups is 4. The molecule has 2 rings (SSSR count). The molecule has 0 atom stereocenters. The van der Waals surface area contributed by atoms with Gasteiger partial charge in [0.25, 0.3) is 0 Å². The van der Waals surface area contributed by atoms with Gasteiger partial charge in [-0.05, 0) is 22.3 Å². The van der Waals surface area contributed by atoms with Gasteiger partial charge in [-0.3, -0.25) is 19.2 Å². The molecule has 0 aliphatic heterocycles. The number of carboxylic acids is 4. The van der Waals surface area contributed by atoms with E-state index in [0.717, 1.165) is 0 Å². The van der Waals surface area contributed by atoms with Crippen molar-refractivity contribution in [3.05, 3.63) is 59.7 Å². The van der Waals surface area contributed by atoms with Crippen molar-refractivity contribution >= 4 is 23.9 Å². The highest BCUT2D eigenvalue weighted by molar-refractivity contribution is 6.03. The lowest BCUT2D eigenvalue weighted by atomic mass is 9.85. The van der Waals surface area contributed by atoms with Gasteiger partial charge >= 0.3 is 23.9 Å². The molecule has 0 radical (unpaired) electrons. The van der Waals surface area contributed by atoms with Crippen LogP contribution in [0.5, 0.6) is 0 Å². The summed E-state index contributed by atoms with van der Waals surface area (Å²) in [4.78, 5) is 45.6. The van der Waals surface area contributed by atoms with Crippen molar-refractivity contribution in [3.8, 4) is 11.1 Å². The van der Waals surface area contributed by atoms with E-state index in [4.69, 9.17) is 0 Å². The van der Waals surface area contributed by atoms with E-state index in [2.05, 4.69) is 0 Å². The fourth-order valence-corrected chi connectivity index (χ4v) is 2.73. The van der Waals surface area contributed by atoms with E-state index >= 15 is 0 Å². The van der Waals surface area contributed by atoms with Crippen LogP contribution in [-0.4, -0.2) is 44.3 Å². The van der Waals surface area contributed by atoms with E-state index in [1.54, 1.807) is 0 Å². The molecule has 26 heavy (non-hydrogen) atoms. The third-order valence-electron chi connectivity index (χ3n) is 3.82. The maximum Gasteiger partial charge on any atom is 0.322 e. The summed E-state index contributed by atoms with van der Waals surface area (Å²) in [5, 5.41) is 37.0. The Hall–Kier alpha value is -3.68. The minimum atomic E-state index is -1.88. The van der Waals surface area contributed by atoms with E-state index < -0.39 is 35.7 Å². The van der Waals surface area contributed by atoms with Crippen LogP contribution < -0.4 is 0 Å². The van der Waals surface area contributed by atoms with Gasteiger partial charge in [0.15, 0.2) is 11.8 Å². The number of carboxylic acid groups (broad SMARTS) is 4. The molecule has 0 saturated heterocycles. The fourth-order valence-electron chi connectivity index (χ4n) is 2.73. The molecule has 0 aliphatic carbocycles. The summed E-state index contributed by atoms with van der Waals surface area (Å²) in [7, 11) is 0. The normalized spacial score (nSPS) is 10.7. The molecule has 0 aromatic heterocycles. The Labute approximate surface area is 147 Å². The van der Waals surface area contributed by atoms with Gasteiger partial charge in [0.2, 0.25) is 0 Å². The van der Waals surface area contributed by atoms with Gasteiger partial charge in [-0.15, -0.1) is 0 Å². The fraction of sp³-hybridized carbons (Fsp3) is 0.111. The van der Waals surface area contributed by atoms with Crippen LogP contribution in [0.2, 0.25) is 0 Å². The molecule has 0 saturated carbocycles. The molecule has 0 spiro atoms. The highest BCUT2D eigenvalue weighted by atomic mass is 16.4. The highest BCUT2D eigenvalue weighted by Crippen LogP contribution is 2.35. The second-order valence-electron chi connectivity index (χ2n) is 5.39. The molecule has 4 N–H and O–H groups in total. The monoisotopic (exact) mass is 358 g/mol. The topological polar surface area (TPSA) is 149 Å². The van der Waals surface area contributed by atoms with Crippen LogP contribution in [0.4, 0.5) is 0 Å². The molecule has 134 valence electrons. The van der Waals surface area contributed by atoms with Gasteiger partial charge in [-0.25, -0.2) is 0 Å². The van der Waals surface area contributed by atoms with Gasteiger partial charge < -0.3 is 20.4 Å². The molecule has 0 bridgehead atoms. The lowest BCUT2D eigenvalue weighted by Gasteiger charge is -2.18. The van der Waals surface area contributed by atoms with Crippen molar-refractivity contribution in [3.63, 3.8) is 0 Å². The van der Waals surface area contributed by atoms with E-state index in [-0.39, 0.29) is 22.3 Å². The van der Waals surface area contributed by atoms with Gasteiger partial charge in [0, 0.05) is 0 Å². The van der Waals surface area contributed by atoms with Crippen LogP contribution in [0.15, 0.2) is 48.5 Å². The molecule has 0 unspecified atom stereocenters. The minimum absolute atomic E-state index is 0.0746. The first-order valence-corrected chi connectivity index (χ1v) is 7.35. The van der Waals surface area contributed by atoms with Crippen molar-refractivity contribution in [2.75, 3.05) is 0 Å². The Morgan fingerprint density at radius 3 is 1.08 bits per heavy atom. The van der Waals surface area contributed by atoms with Crippen molar-refractivity contribution in [2.45, 2.75) is 11.8 Å². The van der Waals surface area contributed by atoms with E-state index in [1.807, 2.05) is 0 Å². The Kier molecular flexibility index (Phi) is 5.36. The molecule has 0 heterocycles. The molecule has 8 heteroatoms. The summed E-state index contributed by atoms with van der Waals surface area (Å²) in [5.74, 6) is -10.1. The third-order valence-corrected chi connectivity index (χ3v) is 3.82. The maximum absolute atomic E-state index is 11.4. The summed E-state index contributed by atoms with van der Waals surface area (Å²) >= 11 is 0. The van der Waals surface area contributed by atoms with Crippen LogP contribution in [-0.2, 0) is 19.2 Å². The highest BCUT2D eigenvalue weighted by Gasteiger charge is 2.33. The smallest absolute Gasteiger partial charge is 0.322 e. The average Bonchev–Trinajstić information content (AvgIpc) is 2.55. The zero-order valence-electron chi connectivity index (χ0n) is 13.2. The first kappa shape index (κ1) is 18.7. The Balaban J connectivity index is 2.76. The number of rotatable bonds is 7. The predicted octanol–water partition coefficient (Wildman–Crippen LogP) is 1.86. The zero-order chi connectivity index (χ0) is 19.4. The van der Waals surface area contributed by atoms with Crippen LogP contribution in [0.1, 0.15) is 23.0 Å². The summed E-state index contributed by atoms with van der Waals surface area (Å²) in [5.41, 5.74) is 0.139. The van der Waals surface area contributed by atoms with Crippen LogP contribution in [0, 0.1) is 0 Å². The zero-order valence-corrected chi connectivity index (χ0v) is 13.2. The van der Waals surface area contributed by atoms with Crippen LogP contribution >= 0.6 is 0 Å². The molecular weight excluding hydrogens is 344 g/mol. The Morgan fingerprint density at radius 1 is 0.538 bits per heavy atom. The number of hydrogen-bond acceptors (Lipinski definition) is 4. The molecule has 8 nitrogen and oxygen atoms in total. The summed E-state index contributed by atoms with van der Waals surface area (Å²) in [6.45, 7) is 0. The molecular formula is C18H14O8. The van der Waals surface area contributed by atoms with Gasteiger partial charge in [0.05, 0.1) is 0 Å². The second kappa shape index (κ2) is 7.47. The summed E-state index contributed by atoms with van der Waals surface area (Å²) < 4.78 is 0. The van der Waals surface area contributed by atoms with Gasteiger partial charge in [0.1, 0.15) is 0 Å². The lowest BCUT2D eigenvalue weighted by Crippen LogP contribution is -2.23. The quantitative estimate of drug-likeness (QED) is 0.548. The first-order chi connectivity index (χ1) is 12.3. The third kappa shape index (κ3) is 3.54. The van der Waals surface area contributed by atoms with Crippen molar-refractivity contribution < 1.29 is 39.6 Å². The molecule has 0 fully saturated rings. The van der Waals surface area contributed by atoms with E-state index in [0.29, 0.717) is 0 Å². The molecule has 2 aromatic rings. The standard InChI is InChI=1S/C18H14O8/c19-15(20)13(16(21)22)11-7-3-1-5-9(11)10-6-2-4-8-12(10)14(17(23)24)18(25)26/h1-8,13-14H,(H,19,20)(H,21,22)(H,23,24)(H,25,26). The average molecular weight is 358 g/mol. The number of hydrogen-bond donors (Lipinski definition) is 4. The summed E-state index contributed by atoms with van der Waals surface area (Å²) in [6, 6.07) is 11.4. The van der Waals surface area contributed by atoms with E-state index in [1.165, 1.54) is 48.5 Å². The van der Waals surface area contributed by atoms with Crippen molar-refractivity contribution in [1.82, 2.24) is 0 Å². The summed E-state index contributed by atoms with van der Waals surface area (Å²) in [6.07, 6.45) is 0. The SMILES string of the molecule is O=C(O)C(C(=O)O)c1ccccc1-c1ccccc1C(C(=O)O)C(=O)O. The van der Waals surface area contributed by atoms with Crippen molar-refractivity contribution in [1.29, 1.82) is 0 Å². The maximum atomic E-state index is 11.4. The van der Waals surface area contributed by atoms with Gasteiger partial charge in [-0.2, -0.15) is 0 Å². The lowest BCUT2D eigenvalue weighted by molar-refractivity contribution is -0.152. The molecule has 2 aromatic carbocycles. The minimum Gasteiger partial charge on any atom is -0.480 e. The number of aliphatic carboxylic acids is 4. The molecule has 0 aliphatic rings. The Morgan fingerprint density at radius 2 is 0.808 bits per heavy atom. The van der Waals surface area contributed by atoms with Crippen LogP contribution in [0.25, 0.3) is 11.1 Å². The van der Waals surface area contributed by atoms with E-state index in [9.17, 15) is 39.6 Å². The molecule has 0 amide bonds. The first-order valence-electron chi connectivity index (χ1n) is 7.35. The van der Waals surface area contributed by atoms with Crippen LogP contribution in [0.3, 0.4) is 0 Å². The Bertz CT molecular complexity index is 785. The predicted molar refractivity (Wildman–Crippen MR) is 87.9 cm³/mol. The van der Waals surface area contributed by atoms with Crippen molar-refractivity contribution in [2.24, 2.45) is 0 Å².